The van der Waals surface area contributed by atoms with Gasteiger partial charge in [0.1, 0.15) is 5.82 Å². The van der Waals surface area contributed by atoms with Crippen LogP contribution in [0, 0.1) is 18.8 Å². The lowest BCUT2D eigenvalue weighted by molar-refractivity contribution is -0.137. The molecule has 2 fully saturated rings. The molecule has 2 aliphatic heterocycles. The van der Waals surface area contributed by atoms with Gasteiger partial charge in [0.15, 0.2) is 0 Å². The second-order valence-electron chi connectivity index (χ2n) is 7.18. The molecule has 2 saturated heterocycles. The number of anilines is 1. The number of amides is 1. The lowest BCUT2D eigenvalue weighted by Crippen LogP contribution is -2.46. The van der Waals surface area contributed by atoms with Crippen LogP contribution in [-0.2, 0) is 9.53 Å². The molecule has 2 aliphatic rings. The molecule has 1 aromatic rings. The van der Waals surface area contributed by atoms with E-state index >= 15 is 0 Å². The SMILES string of the molecule is COCC1CCN(C(=O)C2CCN(c3ccc(C)cn3)CC2)CC1. The second-order valence-corrected chi connectivity index (χ2v) is 7.18. The number of hydrogen-bond donors (Lipinski definition) is 0. The molecule has 0 unspecified atom stereocenters. The van der Waals surface area contributed by atoms with Crippen molar-refractivity contribution in [1.82, 2.24) is 9.88 Å². The van der Waals surface area contributed by atoms with Gasteiger partial charge in [0.05, 0.1) is 0 Å². The highest BCUT2D eigenvalue weighted by atomic mass is 16.5. The fraction of sp³-hybridized carbons (Fsp3) is 0.684. The molecule has 0 aliphatic carbocycles. The van der Waals surface area contributed by atoms with Gasteiger partial charge in [-0.15, -0.1) is 0 Å². The maximum atomic E-state index is 12.8. The number of carbonyl (C=O) groups is 1. The Bertz CT molecular complexity index is 530. The van der Waals surface area contributed by atoms with E-state index in [0.29, 0.717) is 11.8 Å². The molecule has 3 heterocycles. The van der Waals surface area contributed by atoms with E-state index in [1.54, 1.807) is 7.11 Å². The summed E-state index contributed by atoms with van der Waals surface area (Å²) in [5.41, 5.74) is 1.18. The standard InChI is InChI=1S/C19H29N3O2/c1-15-3-4-18(20-13-15)21-11-7-17(8-12-21)19(23)22-9-5-16(6-10-22)14-24-2/h3-4,13,16-17H,5-12,14H2,1-2H3. The predicted octanol–water partition coefficient (Wildman–Crippen LogP) is 2.49. The van der Waals surface area contributed by atoms with Gasteiger partial charge in [0.25, 0.3) is 0 Å². The summed E-state index contributed by atoms with van der Waals surface area (Å²) < 4.78 is 5.24. The van der Waals surface area contributed by atoms with Crippen LogP contribution in [0.25, 0.3) is 0 Å². The lowest BCUT2D eigenvalue weighted by Gasteiger charge is -2.37. The van der Waals surface area contributed by atoms with Crippen molar-refractivity contribution >= 4 is 11.7 Å². The first-order valence-corrected chi connectivity index (χ1v) is 9.12. The number of hydrogen-bond acceptors (Lipinski definition) is 4. The summed E-state index contributed by atoms with van der Waals surface area (Å²) in [5.74, 6) is 2.20. The molecule has 0 bridgehead atoms. The van der Waals surface area contributed by atoms with E-state index < -0.39 is 0 Å². The third kappa shape index (κ3) is 4.07. The third-order valence-electron chi connectivity index (χ3n) is 5.39. The van der Waals surface area contributed by atoms with Gasteiger partial charge in [-0.05, 0) is 50.2 Å². The quantitative estimate of drug-likeness (QED) is 0.850. The minimum Gasteiger partial charge on any atom is -0.384 e. The zero-order chi connectivity index (χ0) is 16.9. The number of nitrogens with zero attached hydrogens (tertiary/aromatic N) is 3. The molecule has 0 radical (unpaired) electrons. The predicted molar refractivity (Wildman–Crippen MR) is 95.1 cm³/mol. The maximum absolute atomic E-state index is 12.8. The molecule has 5 heteroatoms. The highest BCUT2D eigenvalue weighted by Gasteiger charge is 2.31. The topological polar surface area (TPSA) is 45.7 Å². The largest absolute Gasteiger partial charge is 0.384 e. The van der Waals surface area contributed by atoms with Crippen molar-refractivity contribution in [3.63, 3.8) is 0 Å². The highest BCUT2D eigenvalue weighted by molar-refractivity contribution is 5.79. The number of aryl methyl sites for hydroxylation is 1. The van der Waals surface area contributed by atoms with E-state index in [1.807, 2.05) is 6.20 Å². The minimum atomic E-state index is 0.186. The number of rotatable bonds is 4. The van der Waals surface area contributed by atoms with Gasteiger partial charge in [0, 0.05) is 52.0 Å². The van der Waals surface area contributed by atoms with E-state index in [-0.39, 0.29) is 5.92 Å². The van der Waals surface area contributed by atoms with Gasteiger partial charge in [-0.3, -0.25) is 4.79 Å². The normalized spacial score (nSPS) is 20.4. The van der Waals surface area contributed by atoms with Crippen molar-refractivity contribution in [2.45, 2.75) is 32.6 Å². The summed E-state index contributed by atoms with van der Waals surface area (Å²) in [5, 5.41) is 0. The van der Waals surface area contributed by atoms with Crippen molar-refractivity contribution in [3.8, 4) is 0 Å². The number of aromatic nitrogens is 1. The average molecular weight is 331 g/mol. The Balaban J connectivity index is 1.48. The molecule has 0 atom stereocenters. The molecule has 0 spiro atoms. The Morgan fingerprint density at radius 3 is 2.46 bits per heavy atom. The fourth-order valence-corrected chi connectivity index (χ4v) is 3.82. The lowest BCUT2D eigenvalue weighted by atomic mass is 9.92. The maximum Gasteiger partial charge on any atom is 0.225 e. The van der Waals surface area contributed by atoms with Crippen LogP contribution in [0.1, 0.15) is 31.2 Å². The van der Waals surface area contributed by atoms with Gasteiger partial charge in [0.2, 0.25) is 5.91 Å². The Hall–Kier alpha value is -1.62. The number of carbonyl (C=O) groups excluding carboxylic acids is 1. The van der Waals surface area contributed by atoms with Gasteiger partial charge in [-0.2, -0.15) is 0 Å². The number of piperidine rings is 2. The van der Waals surface area contributed by atoms with Gasteiger partial charge >= 0.3 is 0 Å². The zero-order valence-electron chi connectivity index (χ0n) is 14.9. The van der Waals surface area contributed by atoms with Gasteiger partial charge in [-0.25, -0.2) is 4.98 Å². The Morgan fingerprint density at radius 2 is 1.88 bits per heavy atom. The van der Waals surface area contributed by atoms with Crippen molar-refractivity contribution in [2.24, 2.45) is 11.8 Å². The van der Waals surface area contributed by atoms with Crippen LogP contribution in [0.3, 0.4) is 0 Å². The average Bonchev–Trinajstić information content (AvgIpc) is 2.63. The van der Waals surface area contributed by atoms with E-state index in [9.17, 15) is 4.79 Å². The third-order valence-corrected chi connectivity index (χ3v) is 5.39. The summed E-state index contributed by atoms with van der Waals surface area (Å²) in [6, 6.07) is 4.18. The van der Waals surface area contributed by atoms with Crippen molar-refractivity contribution in [3.05, 3.63) is 23.9 Å². The molecule has 0 saturated carbocycles. The molecule has 0 aromatic carbocycles. The smallest absolute Gasteiger partial charge is 0.225 e. The molecule has 24 heavy (non-hydrogen) atoms. The summed E-state index contributed by atoms with van der Waals surface area (Å²) in [4.78, 5) is 21.7. The molecule has 1 amide bonds. The Kier molecular flexibility index (Phi) is 5.72. The van der Waals surface area contributed by atoms with Crippen molar-refractivity contribution in [1.29, 1.82) is 0 Å². The second kappa shape index (κ2) is 7.97. The number of methoxy groups -OCH3 is 1. The van der Waals surface area contributed by atoms with Crippen LogP contribution in [-0.4, -0.2) is 55.7 Å². The molecular weight excluding hydrogens is 302 g/mol. The summed E-state index contributed by atoms with van der Waals surface area (Å²) in [6.07, 6.45) is 5.94. The van der Waals surface area contributed by atoms with E-state index in [2.05, 4.69) is 33.8 Å². The Morgan fingerprint density at radius 1 is 1.17 bits per heavy atom. The summed E-state index contributed by atoms with van der Waals surface area (Å²) >= 11 is 0. The highest BCUT2D eigenvalue weighted by Crippen LogP contribution is 2.26. The molecule has 0 N–H and O–H groups in total. The first-order chi connectivity index (χ1) is 11.7. The Labute approximate surface area is 145 Å². The first kappa shape index (κ1) is 17.2. The zero-order valence-corrected chi connectivity index (χ0v) is 14.9. The van der Waals surface area contributed by atoms with Crippen LogP contribution >= 0.6 is 0 Å². The van der Waals surface area contributed by atoms with E-state index in [0.717, 1.165) is 64.3 Å². The van der Waals surface area contributed by atoms with Crippen LogP contribution < -0.4 is 4.90 Å². The molecule has 1 aromatic heterocycles. The minimum absolute atomic E-state index is 0.186. The van der Waals surface area contributed by atoms with Crippen molar-refractivity contribution in [2.75, 3.05) is 44.8 Å². The van der Waals surface area contributed by atoms with Crippen LogP contribution in [0.15, 0.2) is 18.3 Å². The molecular formula is C19H29N3O2. The van der Waals surface area contributed by atoms with E-state index in [1.165, 1.54) is 5.56 Å². The fourth-order valence-electron chi connectivity index (χ4n) is 3.82. The first-order valence-electron chi connectivity index (χ1n) is 9.12. The number of likely N-dealkylation sites (tertiary alicyclic amines) is 1. The summed E-state index contributed by atoms with van der Waals surface area (Å²) in [7, 11) is 1.76. The molecule has 132 valence electrons. The number of ether oxygens (including phenoxy) is 1. The molecule has 5 nitrogen and oxygen atoms in total. The number of pyridine rings is 1. The monoisotopic (exact) mass is 331 g/mol. The van der Waals surface area contributed by atoms with Crippen LogP contribution in [0.5, 0.6) is 0 Å². The van der Waals surface area contributed by atoms with E-state index in [4.69, 9.17) is 4.74 Å². The van der Waals surface area contributed by atoms with Gasteiger partial charge in [-0.1, -0.05) is 6.07 Å². The van der Waals surface area contributed by atoms with Crippen LogP contribution in [0.2, 0.25) is 0 Å². The van der Waals surface area contributed by atoms with Crippen LogP contribution in [0.4, 0.5) is 5.82 Å². The van der Waals surface area contributed by atoms with Gasteiger partial charge < -0.3 is 14.5 Å². The summed E-state index contributed by atoms with van der Waals surface area (Å²) in [6.45, 7) is 6.51. The molecule has 3 rings (SSSR count). The van der Waals surface area contributed by atoms with Crippen molar-refractivity contribution < 1.29 is 9.53 Å².